The van der Waals surface area contributed by atoms with Gasteiger partial charge in [0.25, 0.3) is 0 Å². The first-order chi connectivity index (χ1) is 15.1. The molecule has 1 aliphatic rings. The summed E-state index contributed by atoms with van der Waals surface area (Å²) < 4.78 is 7.19. The minimum absolute atomic E-state index is 0.186. The topological polar surface area (TPSA) is 52.0 Å². The van der Waals surface area contributed by atoms with Crippen LogP contribution in [0.4, 0.5) is 5.95 Å². The summed E-state index contributed by atoms with van der Waals surface area (Å²) in [4.78, 5) is 4.80. The van der Waals surface area contributed by atoms with Gasteiger partial charge in [0.05, 0.1) is 7.11 Å². The molecule has 0 spiro atoms. The zero-order chi connectivity index (χ0) is 21.4. The molecule has 1 aliphatic heterocycles. The minimum Gasteiger partial charge on any atom is -0.497 e. The Morgan fingerprint density at radius 2 is 1.65 bits per heavy atom. The van der Waals surface area contributed by atoms with E-state index in [1.807, 2.05) is 65.3 Å². The summed E-state index contributed by atoms with van der Waals surface area (Å²) in [6.07, 6.45) is 2.13. The Balaban J connectivity index is 1.62. The van der Waals surface area contributed by atoms with Gasteiger partial charge in [0, 0.05) is 16.3 Å². The van der Waals surface area contributed by atoms with Crippen molar-refractivity contribution >= 4 is 23.2 Å². The summed E-state index contributed by atoms with van der Waals surface area (Å²) >= 11 is 6.57. The Labute approximate surface area is 186 Å². The van der Waals surface area contributed by atoms with Crippen LogP contribution in [0.25, 0.3) is 17.1 Å². The Hall–Kier alpha value is -3.57. The Morgan fingerprint density at radius 3 is 2.35 bits per heavy atom. The summed E-state index contributed by atoms with van der Waals surface area (Å²) in [6, 6.07) is 23.8. The number of allylic oxidation sites excluding steroid dienone is 1. The first-order valence-corrected chi connectivity index (χ1v) is 10.4. The molecule has 0 amide bonds. The van der Waals surface area contributed by atoms with Gasteiger partial charge in [-0.25, -0.2) is 4.68 Å². The van der Waals surface area contributed by atoms with E-state index in [4.69, 9.17) is 26.4 Å². The van der Waals surface area contributed by atoms with Crippen LogP contribution in [-0.2, 0) is 0 Å². The van der Waals surface area contributed by atoms with Gasteiger partial charge in [0.2, 0.25) is 5.95 Å². The molecule has 6 heteroatoms. The van der Waals surface area contributed by atoms with Gasteiger partial charge in [0.15, 0.2) is 5.82 Å². The van der Waals surface area contributed by atoms with Crippen LogP contribution in [0.1, 0.15) is 22.7 Å². The summed E-state index contributed by atoms with van der Waals surface area (Å²) in [5.41, 5.74) is 5.12. The van der Waals surface area contributed by atoms with Crippen molar-refractivity contribution in [3.8, 4) is 17.1 Å². The number of methoxy groups -OCH3 is 1. The van der Waals surface area contributed by atoms with E-state index in [0.717, 1.165) is 28.1 Å². The van der Waals surface area contributed by atoms with E-state index in [0.29, 0.717) is 16.8 Å². The predicted octanol–water partition coefficient (Wildman–Crippen LogP) is 5.97. The highest BCUT2D eigenvalue weighted by atomic mass is 35.5. The van der Waals surface area contributed by atoms with Crippen molar-refractivity contribution in [3.05, 3.63) is 101 Å². The second-order valence-corrected chi connectivity index (χ2v) is 7.88. The van der Waals surface area contributed by atoms with Crippen molar-refractivity contribution < 1.29 is 4.74 Å². The number of benzene rings is 3. The monoisotopic (exact) mass is 428 g/mol. The number of nitrogens with zero attached hydrogens (tertiary/aromatic N) is 3. The molecule has 0 fully saturated rings. The molecule has 0 bridgehead atoms. The van der Waals surface area contributed by atoms with Gasteiger partial charge in [-0.15, -0.1) is 5.10 Å². The molecule has 0 aliphatic carbocycles. The molecule has 0 saturated heterocycles. The van der Waals surface area contributed by atoms with E-state index in [2.05, 4.69) is 30.4 Å². The fourth-order valence-electron chi connectivity index (χ4n) is 3.69. The van der Waals surface area contributed by atoms with Crippen molar-refractivity contribution in [2.24, 2.45) is 0 Å². The Kier molecular flexibility index (Phi) is 4.96. The molecule has 2 heterocycles. The maximum Gasteiger partial charge on any atom is 0.227 e. The predicted molar refractivity (Wildman–Crippen MR) is 124 cm³/mol. The highest BCUT2D eigenvalue weighted by Crippen LogP contribution is 2.36. The number of fused-ring (bicyclic) bond motifs is 1. The number of anilines is 1. The van der Waals surface area contributed by atoms with Gasteiger partial charge in [-0.2, -0.15) is 4.98 Å². The average molecular weight is 429 g/mol. The molecule has 5 nitrogen and oxygen atoms in total. The highest BCUT2D eigenvalue weighted by Gasteiger charge is 2.27. The zero-order valence-electron chi connectivity index (χ0n) is 17.2. The first kappa shape index (κ1) is 19.4. The molecule has 4 aromatic rings. The number of rotatable bonds is 4. The number of aromatic nitrogens is 3. The maximum absolute atomic E-state index is 6.57. The molecule has 3 aromatic carbocycles. The molecule has 0 unspecified atom stereocenters. The Morgan fingerprint density at radius 1 is 0.935 bits per heavy atom. The molecule has 154 valence electrons. The lowest BCUT2D eigenvalue weighted by atomic mass is 10.0. The van der Waals surface area contributed by atoms with Crippen LogP contribution in [0.15, 0.2) is 78.9 Å². The van der Waals surface area contributed by atoms with Gasteiger partial charge >= 0.3 is 0 Å². The smallest absolute Gasteiger partial charge is 0.227 e. The van der Waals surface area contributed by atoms with E-state index < -0.39 is 0 Å². The number of aryl methyl sites for hydroxylation is 1. The van der Waals surface area contributed by atoms with Gasteiger partial charge in [0.1, 0.15) is 11.8 Å². The van der Waals surface area contributed by atoms with E-state index in [1.165, 1.54) is 5.56 Å². The van der Waals surface area contributed by atoms with E-state index in [9.17, 15) is 0 Å². The van der Waals surface area contributed by atoms with E-state index >= 15 is 0 Å². The third-order valence-electron chi connectivity index (χ3n) is 5.40. The summed E-state index contributed by atoms with van der Waals surface area (Å²) in [5.74, 6) is 2.16. The normalized spacial score (nSPS) is 15.1. The fourth-order valence-corrected chi connectivity index (χ4v) is 3.94. The second-order valence-electron chi connectivity index (χ2n) is 7.47. The molecular formula is C25H21ClN4O. The molecule has 31 heavy (non-hydrogen) atoms. The molecule has 1 atom stereocenters. The lowest BCUT2D eigenvalue weighted by Gasteiger charge is -2.25. The van der Waals surface area contributed by atoms with Gasteiger partial charge in [-0.3, -0.25) is 0 Å². The molecule has 0 saturated carbocycles. The molecule has 0 radical (unpaired) electrons. The third-order valence-corrected chi connectivity index (χ3v) is 5.74. The summed E-state index contributed by atoms with van der Waals surface area (Å²) in [5, 5.41) is 8.96. The quantitative estimate of drug-likeness (QED) is 0.435. The maximum atomic E-state index is 6.57. The van der Waals surface area contributed by atoms with E-state index in [1.54, 1.807) is 7.11 Å². The first-order valence-electron chi connectivity index (χ1n) is 10.0. The third kappa shape index (κ3) is 3.68. The van der Waals surface area contributed by atoms with Crippen LogP contribution >= 0.6 is 11.6 Å². The summed E-state index contributed by atoms with van der Waals surface area (Å²) in [7, 11) is 1.66. The molecule has 1 N–H and O–H groups in total. The van der Waals surface area contributed by atoms with Crippen molar-refractivity contribution in [2.45, 2.75) is 13.0 Å². The molecule has 5 rings (SSSR count). The van der Waals surface area contributed by atoms with Crippen LogP contribution in [0.3, 0.4) is 0 Å². The van der Waals surface area contributed by atoms with E-state index in [-0.39, 0.29) is 6.04 Å². The number of hydrogen-bond acceptors (Lipinski definition) is 4. The van der Waals surface area contributed by atoms with Crippen LogP contribution in [0.5, 0.6) is 5.75 Å². The largest absolute Gasteiger partial charge is 0.497 e. The van der Waals surface area contributed by atoms with Crippen molar-refractivity contribution in [1.82, 2.24) is 14.8 Å². The molecular weight excluding hydrogens is 408 g/mol. The average Bonchev–Trinajstić information content (AvgIpc) is 3.24. The van der Waals surface area contributed by atoms with Crippen LogP contribution < -0.4 is 10.1 Å². The number of halogens is 1. The molecule has 1 aromatic heterocycles. The lowest BCUT2D eigenvalue weighted by Crippen LogP contribution is -2.20. The van der Waals surface area contributed by atoms with Crippen LogP contribution in [0, 0.1) is 6.92 Å². The van der Waals surface area contributed by atoms with Crippen LogP contribution in [0.2, 0.25) is 5.02 Å². The van der Waals surface area contributed by atoms with Crippen molar-refractivity contribution in [2.75, 3.05) is 12.4 Å². The lowest BCUT2D eigenvalue weighted by molar-refractivity contribution is 0.415. The summed E-state index contributed by atoms with van der Waals surface area (Å²) in [6.45, 7) is 2.06. The van der Waals surface area contributed by atoms with Gasteiger partial charge in [-0.1, -0.05) is 59.6 Å². The number of hydrogen-bond donors (Lipinski definition) is 1. The number of nitrogens with one attached hydrogen (secondary N) is 1. The van der Waals surface area contributed by atoms with Crippen molar-refractivity contribution in [1.29, 1.82) is 0 Å². The minimum atomic E-state index is -0.186. The fraction of sp³-hybridized carbons (Fsp3) is 0.120. The SMILES string of the molecule is COc1ccc(C2=C[C@@H](c3ccccc3Cl)n3nc(-c4ccc(C)cc4)nc3N2)cc1. The highest BCUT2D eigenvalue weighted by molar-refractivity contribution is 6.31. The van der Waals surface area contributed by atoms with Crippen LogP contribution in [-0.4, -0.2) is 21.9 Å². The number of ether oxygens (including phenoxy) is 1. The van der Waals surface area contributed by atoms with Gasteiger partial charge in [-0.05, 0) is 54.5 Å². The van der Waals surface area contributed by atoms with Gasteiger partial charge < -0.3 is 10.1 Å². The zero-order valence-corrected chi connectivity index (χ0v) is 18.0. The van der Waals surface area contributed by atoms with Crippen molar-refractivity contribution in [3.63, 3.8) is 0 Å². The standard InChI is InChI=1S/C25H21ClN4O/c1-16-7-9-18(10-8-16)24-28-25-27-22(17-11-13-19(31-2)14-12-17)15-23(30(25)29-24)20-5-3-4-6-21(20)26/h3-15,23H,1-2H3,(H,27,28,29)/t23-/m0/s1. The Bertz CT molecular complexity index is 1260. The second kappa shape index (κ2) is 7.93.